The van der Waals surface area contributed by atoms with Crippen molar-refractivity contribution in [1.29, 1.82) is 0 Å². The van der Waals surface area contributed by atoms with E-state index in [-0.39, 0.29) is 29.4 Å². The number of carbonyl (C=O) groups excluding carboxylic acids is 1. The Balaban J connectivity index is 1.80. The van der Waals surface area contributed by atoms with Gasteiger partial charge in [0.25, 0.3) is 0 Å². The predicted octanol–water partition coefficient (Wildman–Crippen LogP) is 2.81. The fraction of sp³-hybridized carbons (Fsp3) is 0.269. The van der Waals surface area contributed by atoms with Gasteiger partial charge in [0.15, 0.2) is 0 Å². The summed E-state index contributed by atoms with van der Waals surface area (Å²) < 4.78 is 51.5. The average molecular weight is 530 g/mol. The number of aryl methyl sites for hydroxylation is 3. The van der Waals surface area contributed by atoms with Crippen molar-refractivity contribution in [2.75, 3.05) is 13.1 Å². The third-order valence-electron chi connectivity index (χ3n) is 5.76. The van der Waals surface area contributed by atoms with Crippen LogP contribution < -0.4 is 10.5 Å². The van der Waals surface area contributed by atoms with Crippen molar-refractivity contribution in [2.45, 2.75) is 43.5 Å². The van der Waals surface area contributed by atoms with E-state index < -0.39 is 26.0 Å². The van der Waals surface area contributed by atoms with Gasteiger partial charge >= 0.3 is 0 Å². The number of carbonyl (C=O) groups is 1. The molecule has 0 aliphatic carbocycles. The first kappa shape index (κ1) is 27.5. The maximum absolute atomic E-state index is 13.7. The van der Waals surface area contributed by atoms with Gasteiger partial charge in [-0.2, -0.15) is 4.31 Å². The molecule has 0 fully saturated rings. The topological polar surface area (TPSA) is 127 Å². The molecule has 0 unspecified atom stereocenters. The molecule has 3 aromatic carbocycles. The van der Waals surface area contributed by atoms with E-state index in [4.69, 9.17) is 5.14 Å². The molecule has 0 spiro atoms. The Labute approximate surface area is 213 Å². The van der Waals surface area contributed by atoms with Crippen molar-refractivity contribution < 1.29 is 21.6 Å². The number of hydrogen-bond donors (Lipinski definition) is 2. The lowest BCUT2D eigenvalue weighted by atomic mass is 10.1. The molecule has 3 rings (SSSR count). The van der Waals surface area contributed by atoms with E-state index >= 15 is 0 Å². The van der Waals surface area contributed by atoms with Crippen molar-refractivity contribution in [1.82, 2.24) is 9.62 Å². The minimum Gasteiger partial charge on any atom is -0.351 e. The van der Waals surface area contributed by atoms with E-state index in [0.29, 0.717) is 23.1 Å². The van der Waals surface area contributed by atoms with Crippen LogP contribution in [-0.4, -0.2) is 40.1 Å². The molecule has 36 heavy (non-hydrogen) atoms. The van der Waals surface area contributed by atoms with Crippen LogP contribution in [-0.2, 0) is 37.8 Å². The maximum Gasteiger partial charge on any atom is 0.244 e. The highest BCUT2D eigenvalue weighted by atomic mass is 32.2. The molecular formula is C26H31N3O5S2. The van der Waals surface area contributed by atoms with Gasteiger partial charge in [0, 0.05) is 13.1 Å². The van der Waals surface area contributed by atoms with E-state index in [9.17, 15) is 21.6 Å². The summed E-state index contributed by atoms with van der Waals surface area (Å²) in [4.78, 5) is 13.0. The zero-order valence-corrected chi connectivity index (χ0v) is 22.2. The third kappa shape index (κ3) is 7.01. The summed E-state index contributed by atoms with van der Waals surface area (Å²) in [5, 5.41) is 7.83. The van der Waals surface area contributed by atoms with Crippen LogP contribution in [0.5, 0.6) is 0 Å². The summed E-state index contributed by atoms with van der Waals surface area (Å²) in [7, 11) is -7.77. The zero-order chi connectivity index (χ0) is 26.5. The number of nitrogens with two attached hydrogens (primary N) is 1. The molecule has 0 saturated carbocycles. The van der Waals surface area contributed by atoms with E-state index in [0.717, 1.165) is 11.1 Å². The van der Waals surface area contributed by atoms with Crippen molar-refractivity contribution in [3.8, 4) is 0 Å². The summed E-state index contributed by atoms with van der Waals surface area (Å²) in [6.45, 7) is 5.32. The number of benzene rings is 3. The number of rotatable bonds is 10. The quantitative estimate of drug-likeness (QED) is 0.418. The molecule has 192 valence electrons. The molecule has 8 nitrogen and oxygen atoms in total. The van der Waals surface area contributed by atoms with Gasteiger partial charge in [-0.3, -0.25) is 4.79 Å². The molecule has 0 aliphatic rings. The van der Waals surface area contributed by atoms with Gasteiger partial charge in [0.05, 0.1) is 16.3 Å². The third-order valence-corrected chi connectivity index (χ3v) is 8.84. The molecule has 0 radical (unpaired) electrons. The summed E-state index contributed by atoms with van der Waals surface area (Å²) in [5.41, 5.74) is 3.84. The lowest BCUT2D eigenvalue weighted by molar-refractivity contribution is -0.121. The molecular weight excluding hydrogens is 498 g/mol. The van der Waals surface area contributed by atoms with Gasteiger partial charge in [-0.05, 0) is 61.6 Å². The summed E-state index contributed by atoms with van der Waals surface area (Å²) in [5.74, 6) is -0.468. The van der Waals surface area contributed by atoms with Crippen molar-refractivity contribution >= 4 is 26.0 Å². The Morgan fingerprint density at radius 2 is 1.44 bits per heavy atom. The fourth-order valence-corrected chi connectivity index (χ4v) is 6.42. The molecule has 0 atom stereocenters. The average Bonchev–Trinajstić information content (AvgIpc) is 2.79. The van der Waals surface area contributed by atoms with Gasteiger partial charge in [-0.15, -0.1) is 0 Å². The molecule has 3 N–H and O–H groups in total. The summed E-state index contributed by atoms with van der Waals surface area (Å²) in [6.07, 6.45) is 0.451. The highest BCUT2D eigenvalue weighted by molar-refractivity contribution is 7.89. The highest BCUT2D eigenvalue weighted by Crippen LogP contribution is 2.25. The van der Waals surface area contributed by atoms with Crippen LogP contribution in [0.3, 0.4) is 0 Å². The van der Waals surface area contributed by atoms with Crippen LogP contribution in [0, 0.1) is 20.8 Å². The SMILES string of the molecule is Cc1cc(C)c(S(=O)(=O)N(CCc2ccccc2)CC(=O)NCc2ccc(S(N)(=O)=O)cc2)c(C)c1. The van der Waals surface area contributed by atoms with Crippen molar-refractivity contribution in [3.05, 3.63) is 94.5 Å². The van der Waals surface area contributed by atoms with E-state index in [1.54, 1.807) is 26.0 Å². The first-order valence-electron chi connectivity index (χ1n) is 11.4. The largest absolute Gasteiger partial charge is 0.351 e. The summed E-state index contributed by atoms with van der Waals surface area (Å²) in [6, 6.07) is 18.9. The lowest BCUT2D eigenvalue weighted by Gasteiger charge is -2.24. The normalized spacial score (nSPS) is 12.0. The smallest absolute Gasteiger partial charge is 0.244 e. The molecule has 0 saturated heterocycles. The van der Waals surface area contributed by atoms with Crippen LogP contribution in [0.1, 0.15) is 27.8 Å². The van der Waals surface area contributed by atoms with Gasteiger partial charge in [0.1, 0.15) is 0 Å². The Bertz CT molecular complexity index is 1410. The van der Waals surface area contributed by atoms with Gasteiger partial charge in [-0.1, -0.05) is 60.2 Å². The minimum absolute atomic E-state index is 0.0282. The number of sulfonamides is 2. The van der Waals surface area contributed by atoms with Gasteiger partial charge in [-0.25, -0.2) is 22.0 Å². The number of amides is 1. The minimum atomic E-state index is -3.96. The van der Waals surface area contributed by atoms with E-state index in [1.807, 2.05) is 49.4 Å². The van der Waals surface area contributed by atoms with E-state index in [2.05, 4.69) is 5.32 Å². The number of nitrogens with zero attached hydrogens (tertiary/aromatic N) is 1. The second kappa shape index (κ2) is 11.3. The number of hydrogen-bond acceptors (Lipinski definition) is 5. The van der Waals surface area contributed by atoms with Crippen molar-refractivity contribution in [3.63, 3.8) is 0 Å². The Morgan fingerprint density at radius 3 is 2.00 bits per heavy atom. The van der Waals surface area contributed by atoms with Crippen LogP contribution in [0.4, 0.5) is 0 Å². The predicted molar refractivity (Wildman–Crippen MR) is 139 cm³/mol. The standard InChI is InChI=1S/C26H31N3O5S2/c1-19-15-20(2)26(21(3)16-19)36(33,34)29(14-13-22-7-5-4-6-8-22)18-25(30)28-17-23-9-11-24(12-10-23)35(27,31)32/h4-12,15-16H,13-14,17-18H2,1-3H3,(H,28,30)(H2,27,31,32). The second-order valence-electron chi connectivity index (χ2n) is 8.77. The zero-order valence-electron chi connectivity index (χ0n) is 20.6. The second-order valence-corrected chi connectivity index (χ2v) is 12.2. The number of nitrogens with one attached hydrogen (secondary N) is 1. The number of primary sulfonamides is 1. The molecule has 0 heterocycles. The Morgan fingerprint density at radius 1 is 0.861 bits per heavy atom. The Hall–Kier alpha value is -3.05. The molecule has 0 bridgehead atoms. The first-order chi connectivity index (χ1) is 16.9. The maximum atomic E-state index is 13.7. The van der Waals surface area contributed by atoms with Crippen LogP contribution in [0.2, 0.25) is 0 Å². The molecule has 1 amide bonds. The lowest BCUT2D eigenvalue weighted by Crippen LogP contribution is -2.42. The molecule has 0 aliphatic heterocycles. The summed E-state index contributed by atoms with van der Waals surface area (Å²) >= 11 is 0. The Kier molecular flexibility index (Phi) is 8.67. The highest BCUT2D eigenvalue weighted by Gasteiger charge is 2.29. The molecule has 0 aromatic heterocycles. The molecule has 3 aromatic rings. The van der Waals surface area contributed by atoms with E-state index in [1.165, 1.54) is 16.4 Å². The molecule has 10 heteroatoms. The first-order valence-corrected chi connectivity index (χ1v) is 14.4. The van der Waals surface area contributed by atoms with Gasteiger partial charge < -0.3 is 5.32 Å². The van der Waals surface area contributed by atoms with Crippen LogP contribution in [0.25, 0.3) is 0 Å². The van der Waals surface area contributed by atoms with Crippen LogP contribution >= 0.6 is 0 Å². The van der Waals surface area contributed by atoms with Crippen molar-refractivity contribution in [2.24, 2.45) is 5.14 Å². The fourth-order valence-electron chi connectivity index (χ4n) is 4.10. The van der Waals surface area contributed by atoms with Gasteiger partial charge in [0.2, 0.25) is 26.0 Å². The monoisotopic (exact) mass is 529 g/mol. The van der Waals surface area contributed by atoms with Crippen LogP contribution in [0.15, 0.2) is 76.5 Å².